The highest BCUT2D eigenvalue weighted by molar-refractivity contribution is 8.00. The lowest BCUT2D eigenvalue weighted by Crippen LogP contribution is -1.99. The van der Waals surface area contributed by atoms with E-state index in [9.17, 15) is 4.79 Å². The van der Waals surface area contributed by atoms with Gasteiger partial charge in [0.2, 0.25) is 5.16 Å². The molecular formula is C18H13ClN4O3S2. The van der Waals surface area contributed by atoms with Gasteiger partial charge in [0.1, 0.15) is 5.76 Å². The summed E-state index contributed by atoms with van der Waals surface area (Å²) in [6.45, 7) is 1.87. The smallest absolute Gasteiger partial charge is 0.351 e. The average Bonchev–Trinajstić information content (AvgIpc) is 3.40. The zero-order valence-electron chi connectivity index (χ0n) is 14.7. The highest BCUT2D eigenvalue weighted by atomic mass is 35.5. The van der Waals surface area contributed by atoms with Crippen molar-refractivity contribution in [2.24, 2.45) is 0 Å². The molecule has 10 heteroatoms. The number of carbonyl (C=O) groups is 1. The Bertz CT molecular complexity index is 1140. The van der Waals surface area contributed by atoms with Crippen LogP contribution >= 0.6 is 34.7 Å². The first kappa shape index (κ1) is 18.7. The number of rotatable bonds is 5. The summed E-state index contributed by atoms with van der Waals surface area (Å²) in [4.78, 5) is 16.3. The van der Waals surface area contributed by atoms with Crippen molar-refractivity contribution in [3.05, 3.63) is 58.5 Å². The van der Waals surface area contributed by atoms with Gasteiger partial charge >= 0.3 is 5.97 Å². The number of hydrogen-bond donors (Lipinski definition) is 0. The van der Waals surface area contributed by atoms with Gasteiger partial charge in [0.05, 0.1) is 18.9 Å². The minimum absolute atomic E-state index is 0.107. The Kier molecular flexibility index (Phi) is 5.21. The molecule has 0 bridgehead atoms. The molecule has 28 heavy (non-hydrogen) atoms. The fourth-order valence-corrected chi connectivity index (χ4v) is 4.84. The fourth-order valence-electron chi connectivity index (χ4n) is 2.56. The topological polar surface area (TPSA) is 83.0 Å². The van der Waals surface area contributed by atoms with E-state index in [1.165, 1.54) is 18.9 Å². The zero-order chi connectivity index (χ0) is 19.7. The number of ether oxygens (including phenoxy) is 1. The molecule has 0 amide bonds. The molecule has 0 radical (unpaired) electrons. The number of benzene rings is 1. The van der Waals surface area contributed by atoms with Crippen molar-refractivity contribution < 1.29 is 13.9 Å². The molecule has 0 spiro atoms. The first-order chi connectivity index (χ1) is 13.6. The van der Waals surface area contributed by atoms with Gasteiger partial charge in [0.15, 0.2) is 20.2 Å². The molecule has 0 saturated carbocycles. The van der Waals surface area contributed by atoms with Crippen LogP contribution in [0.2, 0.25) is 5.15 Å². The van der Waals surface area contributed by atoms with Crippen molar-refractivity contribution in [3.8, 4) is 17.1 Å². The molecule has 0 fully saturated rings. The second kappa shape index (κ2) is 7.78. The first-order valence-electron chi connectivity index (χ1n) is 8.06. The second-order valence-corrected chi connectivity index (χ2v) is 8.13. The predicted octanol–water partition coefficient (Wildman–Crippen LogP) is 4.88. The number of thiazole rings is 1. The highest BCUT2D eigenvalue weighted by Crippen LogP contribution is 2.37. The van der Waals surface area contributed by atoms with Gasteiger partial charge in [-0.2, -0.15) is 0 Å². The lowest BCUT2D eigenvalue weighted by atomic mass is 10.2. The van der Waals surface area contributed by atoms with Crippen molar-refractivity contribution in [1.82, 2.24) is 19.7 Å². The Morgan fingerprint density at radius 1 is 1.25 bits per heavy atom. The maximum Gasteiger partial charge on any atom is 0.351 e. The third kappa shape index (κ3) is 3.44. The lowest BCUT2D eigenvalue weighted by molar-refractivity contribution is 0.0606. The van der Waals surface area contributed by atoms with Gasteiger partial charge in [-0.05, 0) is 36.9 Å². The summed E-state index contributed by atoms with van der Waals surface area (Å²) in [5.41, 5.74) is 1.73. The molecule has 0 unspecified atom stereocenters. The SMILES string of the molecule is COC(=O)c1sc(Sc2nnc(-c3ccoc3C)n2-c2ccccc2)nc1Cl. The van der Waals surface area contributed by atoms with E-state index in [1.54, 1.807) is 6.26 Å². The molecule has 3 aromatic heterocycles. The summed E-state index contributed by atoms with van der Waals surface area (Å²) >= 11 is 8.50. The Labute approximate surface area is 173 Å². The quantitative estimate of drug-likeness (QED) is 0.415. The molecule has 0 aliphatic rings. The van der Waals surface area contributed by atoms with Gasteiger partial charge in [0, 0.05) is 5.69 Å². The van der Waals surface area contributed by atoms with Crippen molar-refractivity contribution in [1.29, 1.82) is 0 Å². The summed E-state index contributed by atoms with van der Waals surface area (Å²) in [5.74, 6) is 0.871. The molecule has 1 aromatic carbocycles. The Hall–Kier alpha value is -2.62. The second-order valence-electron chi connectivity index (χ2n) is 5.56. The summed E-state index contributed by atoms with van der Waals surface area (Å²) < 4.78 is 12.6. The monoisotopic (exact) mass is 432 g/mol. The fraction of sp³-hybridized carbons (Fsp3) is 0.111. The molecule has 0 saturated heterocycles. The third-order valence-corrected chi connectivity index (χ3v) is 6.29. The minimum Gasteiger partial charge on any atom is -0.469 e. The van der Waals surface area contributed by atoms with Gasteiger partial charge in [-0.3, -0.25) is 4.57 Å². The Morgan fingerprint density at radius 3 is 2.71 bits per heavy atom. The maximum absolute atomic E-state index is 11.8. The molecule has 0 N–H and O–H groups in total. The standard InChI is InChI=1S/C18H13ClN4O3S2/c1-10-12(8-9-26-10)15-21-22-17(23(15)11-6-4-3-5-7-11)28-18-20-14(19)13(27-18)16(24)25-2/h3-9H,1-2H3. The summed E-state index contributed by atoms with van der Waals surface area (Å²) in [7, 11) is 1.30. The number of hydrogen-bond acceptors (Lipinski definition) is 8. The van der Waals surface area contributed by atoms with E-state index in [0.717, 1.165) is 28.3 Å². The van der Waals surface area contributed by atoms with Crippen molar-refractivity contribution in [2.75, 3.05) is 7.11 Å². The molecule has 4 aromatic rings. The van der Waals surface area contributed by atoms with Crippen molar-refractivity contribution >= 4 is 40.7 Å². The number of esters is 1. The van der Waals surface area contributed by atoms with Crippen LogP contribution < -0.4 is 0 Å². The van der Waals surface area contributed by atoms with Gasteiger partial charge in [-0.1, -0.05) is 41.1 Å². The van der Waals surface area contributed by atoms with Gasteiger partial charge in [-0.15, -0.1) is 10.2 Å². The third-order valence-electron chi connectivity index (χ3n) is 3.86. The van der Waals surface area contributed by atoms with Crippen LogP contribution in [0.3, 0.4) is 0 Å². The molecule has 0 atom stereocenters. The van der Waals surface area contributed by atoms with E-state index in [1.807, 2.05) is 47.9 Å². The minimum atomic E-state index is -0.520. The Morgan fingerprint density at radius 2 is 2.04 bits per heavy atom. The molecule has 7 nitrogen and oxygen atoms in total. The van der Waals surface area contributed by atoms with E-state index in [-0.39, 0.29) is 10.0 Å². The number of methoxy groups -OCH3 is 1. The maximum atomic E-state index is 11.8. The van der Waals surface area contributed by atoms with Crippen LogP contribution in [0.25, 0.3) is 17.1 Å². The molecule has 0 aliphatic heterocycles. The van der Waals surface area contributed by atoms with Crippen LogP contribution in [-0.2, 0) is 4.74 Å². The van der Waals surface area contributed by atoms with E-state index < -0.39 is 5.97 Å². The number of furan rings is 1. The van der Waals surface area contributed by atoms with Crippen LogP contribution in [-0.4, -0.2) is 32.8 Å². The summed E-state index contributed by atoms with van der Waals surface area (Å²) in [6.07, 6.45) is 1.62. The first-order valence-corrected chi connectivity index (χ1v) is 10.1. The number of halogens is 1. The van der Waals surface area contributed by atoms with E-state index in [0.29, 0.717) is 15.3 Å². The van der Waals surface area contributed by atoms with Gasteiger partial charge in [0.25, 0.3) is 0 Å². The van der Waals surface area contributed by atoms with Crippen molar-refractivity contribution in [2.45, 2.75) is 16.4 Å². The summed E-state index contributed by atoms with van der Waals surface area (Å²) in [6, 6.07) is 11.6. The van der Waals surface area contributed by atoms with E-state index in [4.69, 9.17) is 20.8 Å². The number of para-hydroxylation sites is 1. The predicted molar refractivity (Wildman–Crippen MR) is 106 cm³/mol. The largest absolute Gasteiger partial charge is 0.469 e. The number of carbonyl (C=O) groups excluding carboxylic acids is 1. The molecule has 142 valence electrons. The van der Waals surface area contributed by atoms with Crippen LogP contribution in [0, 0.1) is 6.92 Å². The number of nitrogens with zero attached hydrogens (tertiary/aromatic N) is 4. The van der Waals surface area contributed by atoms with Crippen LogP contribution in [0.15, 0.2) is 56.6 Å². The Balaban J connectivity index is 1.79. The van der Waals surface area contributed by atoms with Crippen LogP contribution in [0.5, 0.6) is 0 Å². The zero-order valence-corrected chi connectivity index (χ0v) is 17.1. The number of aryl methyl sites for hydroxylation is 1. The molecule has 4 rings (SSSR count). The normalized spacial score (nSPS) is 11.0. The lowest BCUT2D eigenvalue weighted by Gasteiger charge is -2.08. The average molecular weight is 433 g/mol. The van der Waals surface area contributed by atoms with Crippen LogP contribution in [0.1, 0.15) is 15.4 Å². The van der Waals surface area contributed by atoms with Gasteiger partial charge in [-0.25, -0.2) is 9.78 Å². The molecular weight excluding hydrogens is 420 g/mol. The van der Waals surface area contributed by atoms with Gasteiger partial charge < -0.3 is 9.15 Å². The van der Waals surface area contributed by atoms with Crippen LogP contribution in [0.4, 0.5) is 0 Å². The van der Waals surface area contributed by atoms with Crippen molar-refractivity contribution in [3.63, 3.8) is 0 Å². The highest BCUT2D eigenvalue weighted by Gasteiger charge is 2.23. The van der Waals surface area contributed by atoms with E-state index in [2.05, 4.69) is 15.2 Å². The van der Waals surface area contributed by atoms with E-state index >= 15 is 0 Å². The number of aromatic nitrogens is 4. The molecule has 0 aliphatic carbocycles. The summed E-state index contributed by atoms with van der Waals surface area (Å²) in [5, 5.41) is 9.38. The molecule has 3 heterocycles.